The zero-order valence-corrected chi connectivity index (χ0v) is 15.6. The van der Waals surface area contributed by atoms with E-state index in [1.807, 2.05) is 13.0 Å². The van der Waals surface area contributed by atoms with Crippen molar-refractivity contribution in [1.29, 1.82) is 0 Å². The fraction of sp³-hybridized carbons (Fsp3) is 0.300. The van der Waals surface area contributed by atoms with Crippen molar-refractivity contribution in [2.75, 3.05) is 13.1 Å². The Morgan fingerprint density at radius 1 is 1.26 bits per heavy atom. The molecule has 2 fully saturated rings. The average molecular weight is 385 g/mol. The lowest BCUT2D eigenvalue weighted by Gasteiger charge is -2.23. The summed E-state index contributed by atoms with van der Waals surface area (Å²) < 4.78 is 14.8. The Labute approximate surface area is 160 Å². The van der Waals surface area contributed by atoms with Crippen LogP contribution in [0, 0.1) is 12.7 Å². The first-order valence-electron chi connectivity index (χ1n) is 9.05. The summed E-state index contributed by atoms with van der Waals surface area (Å²) in [7, 11) is 0. The number of aromatic nitrogens is 2. The maximum absolute atomic E-state index is 14.8. The minimum absolute atomic E-state index is 0.132. The molecule has 1 amide bonds. The molecule has 0 saturated carbocycles. The molecule has 2 bridgehead atoms. The van der Waals surface area contributed by atoms with Crippen LogP contribution < -0.4 is 0 Å². The summed E-state index contributed by atoms with van der Waals surface area (Å²) in [6, 6.07) is 8.50. The smallest absolute Gasteiger partial charge is 0.268 e. The van der Waals surface area contributed by atoms with Gasteiger partial charge in [0.25, 0.3) is 5.91 Å². The highest BCUT2D eigenvalue weighted by Crippen LogP contribution is 2.31. The Morgan fingerprint density at radius 2 is 2.04 bits per heavy atom. The Balaban J connectivity index is 1.49. The lowest BCUT2D eigenvalue weighted by molar-refractivity contribution is 0.0334. The summed E-state index contributed by atoms with van der Waals surface area (Å²) >= 11 is 6.15. The van der Waals surface area contributed by atoms with E-state index in [4.69, 9.17) is 11.6 Å². The normalized spacial score (nSPS) is 21.4. The van der Waals surface area contributed by atoms with E-state index in [1.54, 1.807) is 23.2 Å². The molecule has 2 aromatic carbocycles. The monoisotopic (exact) mass is 384 g/mol. The number of halogens is 2. The molecule has 5 rings (SSSR count). The van der Waals surface area contributed by atoms with Crippen LogP contribution in [0.3, 0.4) is 0 Å². The van der Waals surface area contributed by atoms with Crippen LogP contribution >= 0.6 is 11.6 Å². The second-order valence-corrected chi connectivity index (χ2v) is 7.64. The van der Waals surface area contributed by atoms with Gasteiger partial charge in [-0.3, -0.25) is 9.80 Å². The topological polar surface area (TPSA) is 52.2 Å². The van der Waals surface area contributed by atoms with Gasteiger partial charge >= 0.3 is 0 Å². The standard InChI is InChI=1S/C20H18ClFN4O/c1-11-8-17-18(10-15(11)21)24-19(23-17)14-3-2-12(9-16(14)22)20(27)26-13-4-6-25(26)7-5-13/h2-3,8-10,13H,4-7H2,1H3,(H,23,24). The third-order valence-electron chi connectivity index (χ3n) is 5.53. The molecule has 3 aromatic rings. The van der Waals surface area contributed by atoms with E-state index in [1.165, 1.54) is 6.07 Å². The zero-order valence-electron chi connectivity index (χ0n) is 14.8. The molecule has 0 unspecified atom stereocenters. The summed E-state index contributed by atoms with van der Waals surface area (Å²) in [6.45, 7) is 3.71. The van der Waals surface area contributed by atoms with E-state index in [-0.39, 0.29) is 11.9 Å². The Kier molecular flexibility index (Phi) is 3.74. The van der Waals surface area contributed by atoms with Crippen molar-refractivity contribution in [3.8, 4) is 11.4 Å². The van der Waals surface area contributed by atoms with Crippen LogP contribution in [0.15, 0.2) is 30.3 Å². The number of nitrogens with one attached hydrogen (secondary N) is 1. The number of aryl methyl sites for hydroxylation is 1. The number of fused-ring (bicyclic) bond motifs is 3. The van der Waals surface area contributed by atoms with E-state index in [0.717, 1.165) is 37.0 Å². The van der Waals surface area contributed by atoms with Gasteiger partial charge in [0.15, 0.2) is 0 Å². The first-order valence-corrected chi connectivity index (χ1v) is 9.43. The predicted molar refractivity (Wildman–Crippen MR) is 102 cm³/mol. The second kappa shape index (κ2) is 6.04. The molecule has 27 heavy (non-hydrogen) atoms. The number of amides is 1. The van der Waals surface area contributed by atoms with Crippen LogP contribution in [0.4, 0.5) is 4.39 Å². The fourth-order valence-electron chi connectivity index (χ4n) is 4.08. The summed E-state index contributed by atoms with van der Waals surface area (Å²) in [4.78, 5) is 20.4. The molecule has 7 heteroatoms. The number of imidazole rings is 1. The molecule has 138 valence electrons. The van der Waals surface area contributed by atoms with E-state index < -0.39 is 5.82 Å². The molecule has 2 aliphatic heterocycles. The van der Waals surface area contributed by atoms with Crippen molar-refractivity contribution in [1.82, 2.24) is 20.0 Å². The number of piperidine rings is 1. The summed E-state index contributed by atoms with van der Waals surface area (Å²) in [6.07, 6.45) is 1.99. The van der Waals surface area contributed by atoms with Gasteiger partial charge < -0.3 is 4.98 Å². The Morgan fingerprint density at radius 3 is 2.70 bits per heavy atom. The van der Waals surface area contributed by atoms with Crippen LogP contribution in [0.5, 0.6) is 0 Å². The van der Waals surface area contributed by atoms with Crippen molar-refractivity contribution in [3.63, 3.8) is 0 Å². The van der Waals surface area contributed by atoms with Gasteiger partial charge in [0.2, 0.25) is 0 Å². The van der Waals surface area contributed by atoms with E-state index >= 15 is 0 Å². The number of carbonyl (C=O) groups is 1. The third kappa shape index (κ3) is 2.63. The van der Waals surface area contributed by atoms with E-state index in [9.17, 15) is 9.18 Å². The molecular weight excluding hydrogens is 367 g/mol. The molecule has 5 nitrogen and oxygen atoms in total. The number of rotatable bonds is 2. The Bertz CT molecular complexity index is 1020. The highest BCUT2D eigenvalue weighted by molar-refractivity contribution is 6.32. The van der Waals surface area contributed by atoms with Crippen molar-refractivity contribution in [2.24, 2.45) is 0 Å². The van der Waals surface area contributed by atoms with Crippen LogP contribution in [0.25, 0.3) is 22.4 Å². The van der Waals surface area contributed by atoms with Gasteiger partial charge in [-0.05, 0) is 55.7 Å². The SMILES string of the molecule is Cc1cc2[nH]c(-c3ccc(C(=O)N4C5CCN4CC5)cc3F)nc2cc1Cl. The van der Waals surface area contributed by atoms with Crippen molar-refractivity contribution in [3.05, 3.63) is 52.3 Å². The maximum Gasteiger partial charge on any atom is 0.268 e. The number of hydrazine groups is 1. The predicted octanol–water partition coefficient (Wildman–Crippen LogP) is 4.17. The van der Waals surface area contributed by atoms with Crippen LogP contribution in [-0.2, 0) is 0 Å². The quantitative estimate of drug-likeness (QED) is 0.721. The molecule has 2 aliphatic rings. The second-order valence-electron chi connectivity index (χ2n) is 7.23. The zero-order chi connectivity index (χ0) is 18.7. The first-order chi connectivity index (χ1) is 13.0. The molecule has 0 atom stereocenters. The molecule has 0 radical (unpaired) electrons. The fourth-order valence-corrected chi connectivity index (χ4v) is 4.23. The first kappa shape index (κ1) is 16.7. The van der Waals surface area contributed by atoms with Crippen molar-refractivity contribution in [2.45, 2.75) is 25.8 Å². The average Bonchev–Trinajstić information content (AvgIpc) is 3.35. The lowest BCUT2D eigenvalue weighted by atomic mass is 10.1. The summed E-state index contributed by atoms with van der Waals surface area (Å²) in [5.41, 5.74) is 3.11. The largest absolute Gasteiger partial charge is 0.338 e. The highest BCUT2D eigenvalue weighted by atomic mass is 35.5. The number of hydrogen-bond acceptors (Lipinski definition) is 3. The van der Waals surface area contributed by atoms with Gasteiger partial charge in [-0.2, -0.15) is 0 Å². The minimum atomic E-state index is -0.468. The van der Waals surface area contributed by atoms with E-state index in [0.29, 0.717) is 27.5 Å². The lowest BCUT2D eigenvalue weighted by Crippen LogP contribution is -2.38. The van der Waals surface area contributed by atoms with Gasteiger partial charge in [0, 0.05) is 23.7 Å². The van der Waals surface area contributed by atoms with Gasteiger partial charge in [-0.25, -0.2) is 14.4 Å². The van der Waals surface area contributed by atoms with Crippen molar-refractivity contribution >= 4 is 28.5 Å². The number of aromatic amines is 1. The molecule has 0 aliphatic carbocycles. The minimum Gasteiger partial charge on any atom is -0.338 e. The number of nitrogens with zero attached hydrogens (tertiary/aromatic N) is 3. The number of benzene rings is 2. The molecular formula is C20H18ClFN4O. The van der Waals surface area contributed by atoms with Crippen molar-refractivity contribution < 1.29 is 9.18 Å². The number of carbonyl (C=O) groups excluding carboxylic acids is 1. The maximum atomic E-state index is 14.8. The Hall–Kier alpha value is -2.44. The van der Waals surface area contributed by atoms with Crippen LogP contribution in [-0.4, -0.2) is 45.0 Å². The van der Waals surface area contributed by atoms with Gasteiger partial charge in [0.05, 0.1) is 22.6 Å². The summed E-state index contributed by atoms with van der Waals surface area (Å²) in [5.74, 6) is -0.176. The highest BCUT2D eigenvalue weighted by Gasteiger charge is 2.41. The third-order valence-corrected chi connectivity index (χ3v) is 5.94. The van der Waals surface area contributed by atoms with Crippen LogP contribution in [0.2, 0.25) is 5.02 Å². The van der Waals surface area contributed by atoms with E-state index in [2.05, 4.69) is 15.0 Å². The molecule has 1 aromatic heterocycles. The van der Waals surface area contributed by atoms with Gasteiger partial charge in [0.1, 0.15) is 11.6 Å². The molecule has 3 heterocycles. The number of H-pyrrole nitrogens is 1. The molecule has 2 saturated heterocycles. The van der Waals surface area contributed by atoms with Gasteiger partial charge in [-0.15, -0.1) is 0 Å². The summed E-state index contributed by atoms with van der Waals surface area (Å²) in [5, 5.41) is 4.47. The molecule has 1 N–H and O–H groups in total. The molecule has 0 spiro atoms. The van der Waals surface area contributed by atoms with Crippen LogP contribution in [0.1, 0.15) is 28.8 Å². The van der Waals surface area contributed by atoms with Gasteiger partial charge in [-0.1, -0.05) is 11.6 Å². The number of hydrogen-bond donors (Lipinski definition) is 1.